The maximum atomic E-state index is 11.9. The first-order valence-electron chi connectivity index (χ1n) is 6.42. The van der Waals surface area contributed by atoms with E-state index in [1.165, 1.54) is 0 Å². The lowest BCUT2D eigenvalue weighted by Crippen LogP contribution is -2.21. The summed E-state index contributed by atoms with van der Waals surface area (Å²) in [6, 6.07) is 15.2. The number of amides is 1. The molecular weight excluding hydrogens is 252 g/mol. The molecular formula is C16H18N2O2. The number of rotatable bonds is 5. The van der Waals surface area contributed by atoms with Gasteiger partial charge in [-0.25, -0.2) is 0 Å². The van der Waals surface area contributed by atoms with Crippen LogP contribution in [0.5, 0.6) is 5.75 Å². The Morgan fingerprint density at radius 2 is 1.95 bits per heavy atom. The number of methoxy groups -OCH3 is 1. The molecule has 0 heterocycles. The van der Waals surface area contributed by atoms with Crippen LogP contribution in [0.25, 0.3) is 0 Å². The van der Waals surface area contributed by atoms with Gasteiger partial charge in [-0.1, -0.05) is 24.3 Å². The zero-order chi connectivity index (χ0) is 14.4. The summed E-state index contributed by atoms with van der Waals surface area (Å²) >= 11 is 0. The minimum atomic E-state index is -0.0958. The molecule has 0 aromatic heterocycles. The van der Waals surface area contributed by atoms with Crippen LogP contribution in [0, 0.1) is 6.92 Å². The van der Waals surface area contributed by atoms with Crippen LogP contribution in [-0.4, -0.2) is 19.6 Å². The maximum absolute atomic E-state index is 11.9. The molecule has 0 unspecified atom stereocenters. The first kappa shape index (κ1) is 13.9. The van der Waals surface area contributed by atoms with E-state index in [9.17, 15) is 4.79 Å². The second-order valence-corrected chi connectivity index (χ2v) is 4.47. The molecule has 2 aromatic rings. The topological polar surface area (TPSA) is 50.4 Å². The Kier molecular flexibility index (Phi) is 4.60. The Bertz CT molecular complexity index is 597. The number of aryl methyl sites for hydroxylation is 1. The maximum Gasteiger partial charge on any atom is 0.243 e. The van der Waals surface area contributed by atoms with Crippen LogP contribution in [0.3, 0.4) is 0 Å². The monoisotopic (exact) mass is 270 g/mol. The number of hydrogen-bond donors (Lipinski definition) is 2. The van der Waals surface area contributed by atoms with Crippen molar-refractivity contribution in [3.63, 3.8) is 0 Å². The Morgan fingerprint density at radius 3 is 2.70 bits per heavy atom. The Balaban J connectivity index is 1.92. The van der Waals surface area contributed by atoms with Crippen LogP contribution in [0.15, 0.2) is 48.5 Å². The minimum absolute atomic E-state index is 0.0958. The zero-order valence-electron chi connectivity index (χ0n) is 11.6. The molecule has 1 amide bonds. The smallest absolute Gasteiger partial charge is 0.243 e. The number of carbonyl (C=O) groups is 1. The first-order valence-corrected chi connectivity index (χ1v) is 6.42. The van der Waals surface area contributed by atoms with E-state index < -0.39 is 0 Å². The van der Waals surface area contributed by atoms with Crippen LogP contribution < -0.4 is 15.4 Å². The fourth-order valence-electron chi connectivity index (χ4n) is 1.89. The average molecular weight is 270 g/mol. The molecule has 0 bridgehead atoms. The van der Waals surface area contributed by atoms with E-state index in [-0.39, 0.29) is 12.5 Å². The van der Waals surface area contributed by atoms with Crippen molar-refractivity contribution in [2.45, 2.75) is 6.92 Å². The van der Waals surface area contributed by atoms with Gasteiger partial charge in [0.2, 0.25) is 5.91 Å². The van der Waals surface area contributed by atoms with Gasteiger partial charge in [-0.2, -0.15) is 0 Å². The van der Waals surface area contributed by atoms with Crippen molar-refractivity contribution in [2.75, 3.05) is 24.3 Å². The number of anilines is 2. The summed E-state index contributed by atoms with van der Waals surface area (Å²) < 4.78 is 5.22. The van der Waals surface area contributed by atoms with E-state index in [0.29, 0.717) is 0 Å². The molecule has 0 atom stereocenters. The summed E-state index contributed by atoms with van der Waals surface area (Å²) in [5.41, 5.74) is 2.71. The van der Waals surface area contributed by atoms with E-state index in [0.717, 1.165) is 22.7 Å². The molecule has 104 valence electrons. The van der Waals surface area contributed by atoms with E-state index in [2.05, 4.69) is 10.6 Å². The molecule has 4 nitrogen and oxygen atoms in total. The van der Waals surface area contributed by atoms with Gasteiger partial charge in [-0.15, -0.1) is 0 Å². The molecule has 0 aliphatic heterocycles. The summed E-state index contributed by atoms with van der Waals surface area (Å²) in [7, 11) is 1.60. The third-order valence-corrected chi connectivity index (χ3v) is 2.85. The SMILES string of the molecule is COc1ccccc1NCC(=O)Nc1cccc(C)c1. The third-order valence-electron chi connectivity index (χ3n) is 2.85. The van der Waals surface area contributed by atoms with Gasteiger partial charge in [0.05, 0.1) is 19.3 Å². The van der Waals surface area contributed by atoms with E-state index in [1.807, 2.05) is 55.5 Å². The van der Waals surface area contributed by atoms with Gasteiger partial charge in [0, 0.05) is 5.69 Å². The third kappa shape index (κ3) is 3.75. The van der Waals surface area contributed by atoms with E-state index >= 15 is 0 Å². The van der Waals surface area contributed by atoms with Crippen LogP contribution in [0.4, 0.5) is 11.4 Å². The van der Waals surface area contributed by atoms with Crippen LogP contribution in [0.2, 0.25) is 0 Å². The highest BCUT2D eigenvalue weighted by Crippen LogP contribution is 2.22. The molecule has 0 aliphatic rings. The van der Waals surface area contributed by atoms with Crippen LogP contribution >= 0.6 is 0 Å². The molecule has 0 radical (unpaired) electrons. The van der Waals surface area contributed by atoms with Crippen LogP contribution in [0.1, 0.15) is 5.56 Å². The Labute approximate surface area is 118 Å². The van der Waals surface area contributed by atoms with Crippen molar-refractivity contribution >= 4 is 17.3 Å². The molecule has 0 spiro atoms. The molecule has 20 heavy (non-hydrogen) atoms. The van der Waals surface area contributed by atoms with Gasteiger partial charge in [0.25, 0.3) is 0 Å². The number of para-hydroxylation sites is 2. The van der Waals surface area contributed by atoms with Crippen molar-refractivity contribution in [1.29, 1.82) is 0 Å². The summed E-state index contributed by atoms with van der Waals surface area (Å²) in [6.07, 6.45) is 0. The Hall–Kier alpha value is -2.49. The lowest BCUT2D eigenvalue weighted by Gasteiger charge is -2.11. The van der Waals surface area contributed by atoms with Crippen molar-refractivity contribution < 1.29 is 9.53 Å². The standard InChI is InChI=1S/C16H18N2O2/c1-12-6-5-7-13(10-12)18-16(19)11-17-14-8-3-4-9-15(14)20-2/h3-10,17H,11H2,1-2H3,(H,18,19). The highest BCUT2D eigenvalue weighted by molar-refractivity contribution is 5.94. The summed E-state index contributed by atoms with van der Waals surface area (Å²) in [5.74, 6) is 0.623. The second kappa shape index (κ2) is 6.61. The number of hydrogen-bond acceptors (Lipinski definition) is 3. The van der Waals surface area contributed by atoms with Gasteiger partial charge in [0.15, 0.2) is 0 Å². The number of nitrogens with one attached hydrogen (secondary N) is 2. The van der Waals surface area contributed by atoms with E-state index in [4.69, 9.17) is 4.74 Å². The number of ether oxygens (including phenoxy) is 1. The fraction of sp³-hybridized carbons (Fsp3) is 0.188. The van der Waals surface area contributed by atoms with Gasteiger partial charge in [-0.05, 0) is 36.8 Å². The molecule has 0 saturated carbocycles. The second-order valence-electron chi connectivity index (χ2n) is 4.47. The number of benzene rings is 2. The minimum Gasteiger partial charge on any atom is -0.495 e. The predicted octanol–water partition coefficient (Wildman–Crippen LogP) is 3.05. The first-order chi connectivity index (χ1) is 9.69. The molecule has 0 fully saturated rings. The summed E-state index contributed by atoms with van der Waals surface area (Å²) in [5, 5.41) is 5.91. The quantitative estimate of drug-likeness (QED) is 0.878. The molecule has 2 rings (SSSR count). The van der Waals surface area contributed by atoms with Gasteiger partial charge in [-0.3, -0.25) is 4.79 Å². The van der Waals surface area contributed by atoms with E-state index in [1.54, 1.807) is 7.11 Å². The van der Waals surface area contributed by atoms with Crippen molar-refractivity contribution in [2.24, 2.45) is 0 Å². The normalized spacial score (nSPS) is 9.90. The molecule has 0 aliphatic carbocycles. The molecule has 2 N–H and O–H groups in total. The lowest BCUT2D eigenvalue weighted by atomic mass is 10.2. The highest BCUT2D eigenvalue weighted by Gasteiger charge is 2.05. The Morgan fingerprint density at radius 1 is 1.15 bits per heavy atom. The van der Waals surface area contributed by atoms with Gasteiger partial charge in [0.1, 0.15) is 5.75 Å². The van der Waals surface area contributed by atoms with Gasteiger partial charge < -0.3 is 15.4 Å². The van der Waals surface area contributed by atoms with Crippen molar-refractivity contribution in [1.82, 2.24) is 0 Å². The fourth-order valence-corrected chi connectivity index (χ4v) is 1.89. The zero-order valence-corrected chi connectivity index (χ0v) is 11.6. The van der Waals surface area contributed by atoms with Crippen molar-refractivity contribution in [3.05, 3.63) is 54.1 Å². The van der Waals surface area contributed by atoms with Crippen molar-refractivity contribution in [3.8, 4) is 5.75 Å². The predicted molar refractivity (Wildman–Crippen MR) is 81.3 cm³/mol. The average Bonchev–Trinajstić information content (AvgIpc) is 2.45. The van der Waals surface area contributed by atoms with Crippen LogP contribution in [-0.2, 0) is 4.79 Å². The lowest BCUT2D eigenvalue weighted by molar-refractivity contribution is -0.114. The molecule has 2 aromatic carbocycles. The number of carbonyl (C=O) groups excluding carboxylic acids is 1. The summed E-state index contributed by atoms with van der Waals surface area (Å²) in [6.45, 7) is 2.18. The molecule has 0 saturated heterocycles. The van der Waals surface area contributed by atoms with Gasteiger partial charge >= 0.3 is 0 Å². The summed E-state index contributed by atoms with van der Waals surface area (Å²) in [4.78, 5) is 11.9. The highest BCUT2D eigenvalue weighted by atomic mass is 16.5. The molecule has 4 heteroatoms. The largest absolute Gasteiger partial charge is 0.495 e.